The highest BCUT2D eigenvalue weighted by Crippen LogP contribution is 2.21. The first kappa shape index (κ1) is 16.6. The average molecular weight is 301 g/mol. The standard InChI is InChI=1S/C19H27NO2/c1-4-17(22-18-12-14(2)10-11-15(18)3)19(21)20-13-16-8-6-5-7-9-16/h8,10-12,17H,4-7,9,13H2,1-3H3,(H,20,21)/t17-/m0/s1. The molecule has 0 aromatic heterocycles. The summed E-state index contributed by atoms with van der Waals surface area (Å²) in [5.41, 5.74) is 3.55. The van der Waals surface area contributed by atoms with Crippen molar-refractivity contribution in [1.82, 2.24) is 5.32 Å². The molecule has 0 aliphatic heterocycles. The highest BCUT2D eigenvalue weighted by atomic mass is 16.5. The maximum Gasteiger partial charge on any atom is 0.261 e. The maximum absolute atomic E-state index is 12.4. The van der Waals surface area contributed by atoms with E-state index in [1.54, 1.807) is 0 Å². The van der Waals surface area contributed by atoms with Crippen LogP contribution in [0.1, 0.15) is 50.2 Å². The molecule has 1 aromatic rings. The van der Waals surface area contributed by atoms with Gasteiger partial charge in [0.1, 0.15) is 5.75 Å². The van der Waals surface area contributed by atoms with E-state index in [1.807, 2.05) is 32.9 Å². The van der Waals surface area contributed by atoms with Crippen molar-refractivity contribution >= 4 is 5.91 Å². The van der Waals surface area contributed by atoms with Crippen LogP contribution in [0.2, 0.25) is 0 Å². The van der Waals surface area contributed by atoms with Crippen LogP contribution in [0.3, 0.4) is 0 Å². The van der Waals surface area contributed by atoms with Gasteiger partial charge in [0.25, 0.3) is 5.91 Å². The van der Waals surface area contributed by atoms with Gasteiger partial charge in [-0.25, -0.2) is 0 Å². The SMILES string of the molecule is CC[C@H](Oc1cc(C)ccc1C)C(=O)NCC1=CCCCC1. The van der Waals surface area contributed by atoms with Gasteiger partial charge >= 0.3 is 0 Å². The Bertz CT molecular complexity index is 548. The average Bonchev–Trinajstić information content (AvgIpc) is 2.54. The van der Waals surface area contributed by atoms with Gasteiger partial charge in [-0.05, 0) is 63.1 Å². The Hall–Kier alpha value is -1.77. The van der Waals surface area contributed by atoms with Crippen LogP contribution >= 0.6 is 0 Å². The molecule has 0 unspecified atom stereocenters. The number of rotatable bonds is 6. The van der Waals surface area contributed by atoms with Crippen molar-refractivity contribution in [3.05, 3.63) is 41.0 Å². The third-order valence-corrected chi connectivity index (χ3v) is 4.15. The molecule has 3 nitrogen and oxygen atoms in total. The number of hydrogen-bond acceptors (Lipinski definition) is 2. The van der Waals surface area contributed by atoms with E-state index in [1.165, 1.54) is 18.4 Å². The Morgan fingerprint density at radius 3 is 2.82 bits per heavy atom. The smallest absolute Gasteiger partial charge is 0.261 e. The van der Waals surface area contributed by atoms with Crippen molar-refractivity contribution in [2.75, 3.05) is 6.54 Å². The van der Waals surface area contributed by atoms with Gasteiger partial charge in [-0.2, -0.15) is 0 Å². The predicted molar refractivity (Wildman–Crippen MR) is 90.2 cm³/mol. The van der Waals surface area contributed by atoms with E-state index in [4.69, 9.17) is 4.74 Å². The first-order valence-corrected chi connectivity index (χ1v) is 8.29. The zero-order chi connectivity index (χ0) is 15.9. The maximum atomic E-state index is 12.4. The molecule has 3 heteroatoms. The fourth-order valence-corrected chi connectivity index (χ4v) is 2.69. The largest absolute Gasteiger partial charge is 0.480 e. The molecule has 22 heavy (non-hydrogen) atoms. The van der Waals surface area contributed by atoms with Crippen molar-refractivity contribution in [1.29, 1.82) is 0 Å². The zero-order valence-electron chi connectivity index (χ0n) is 13.9. The van der Waals surface area contributed by atoms with Crippen LogP contribution in [0, 0.1) is 13.8 Å². The van der Waals surface area contributed by atoms with Gasteiger partial charge in [-0.15, -0.1) is 0 Å². The van der Waals surface area contributed by atoms with E-state index < -0.39 is 6.10 Å². The van der Waals surface area contributed by atoms with Gasteiger partial charge in [-0.3, -0.25) is 4.79 Å². The van der Waals surface area contributed by atoms with E-state index in [9.17, 15) is 4.79 Å². The molecule has 1 aliphatic rings. The van der Waals surface area contributed by atoms with Crippen LogP contribution in [0.25, 0.3) is 0 Å². The second-order valence-electron chi connectivity index (χ2n) is 6.11. The van der Waals surface area contributed by atoms with Crippen LogP contribution in [0.15, 0.2) is 29.8 Å². The number of amides is 1. The van der Waals surface area contributed by atoms with Gasteiger partial charge in [0.15, 0.2) is 6.10 Å². The van der Waals surface area contributed by atoms with Crippen molar-refractivity contribution in [3.8, 4) is 5.75 Å². The topological polar surface area (TPSA) is 38.3 Å². The lowest BCUT2D eigenvalue weighted by molar-refractivity contribution is -0.127. The highest BCUT2D eigenvalue weighted by Gasteiger charge is 2.19. The summed E-state index contributed by atoms with van der Waals surface area (Å²) in [7, 11) is 0. The van der Waals surface area contributed by atoms with Crippen LogP contribution in [-0.4, -0.2) is 18.6 Å². The molecule has 0 saturated carbocycles. The third-order valence-electron chi connectivity index (χ3n) is 4.15. The summed E-state index contributed by atoms with van der Waals surface area (Å²) in [4.78, 5) is 12.4. The molecular formula is C19H27NO2. The number of carbonyl (C=O) groups is 1. The van der Waals surface area contributed by atoms with E-state index in [2.05, 4.69) is 17.5 Å². The molecule has 0 heterocycles. The van der Waals surface area contributed by atoms with Crippen molar-refractivity contribution < 1.29 is 9.53 Å². The van der Waals surface area contributed by atoms with Crippen molar-refractivity contribution in [3.63, 3.8) is 0 Å². The second kappa shape index (κ2) is 8.02. The van der Waals surface area contributed by atoms with Crippen LogP contribution in [0.5, 0.6) is 5.75 Å². The number of carbonyl (C=O) groups excluding carboxylic acids is 1. The summed E-state index contributed by atoms with van der Waals surface area (Å²) in [6, 6.07) is 6.08. The van der Waals surface area contributed by atoms with E-state index in [0.717, 1.165) is 29.7 Å². The summed E-state index contributed by atoms with van der Waals surface area (Å²) in [5.74, 6) is 0.786. The Labute approximate surface area is 133 Å². The Morgan fingerprint density at radius 1 is 1.32 bits per heavy atom. The minimum Gasteiger partial charge on any atom is -0.480 e. The summed E-state index contributed by atoms with van der Waals surface area (Å²) < 4.78 is 5.95. The van der Waals surface area contributed by atoms with E-state index in [-0.39, 0.29) is 5.91 Å². The van der Waals surface area contributed by atoms with Crippen LogP contribution < -0.4 is 10.1 Å². The van der Waals surface area contributed by atoms with Gasteiger partial charge in [0, 0.05) is 6.54 Å². The van der Waals surface area contributed by atoms with Crippen molar-refractivity contribution in [2.45, 2.75) is 59.0 Å². The van der Waals surface area contributed by atoms with Gasteiger partial charge in [0.2, 0.25) is 0 Å². The summed E-state index contributed by atoms with van der Waals surface area (Å²) in [6.45, 7) is 6.68. The number of benzene rings is 1. The van der Waals surface area contributed by atoms with E-state index >= 15 is 0 Å². The van der Waals surface area contributed by atoms with Crippen molar-refractivity contribution in [2.24, 2.45) is 0 Å². The van der Waals surface area contributed by atoms with Gasteiger partial charge in [-0.1, -0.05) is 30.7 Å². The number of hydrogen-bond donors (Lipinski definition) is 1. The minimum absolute atomic E-state index is 0.0186. The predicted octanol–water partition coefficient (Wildman–Crippen LogP) is 4.08. The number of nitrogens with one attached hydrogen (secondary N) is 1. The first-order chi connectivity index (χ1) is 10.6. The highest BCUT2D eigenvalue weighted by molar-refractivity contribution is 5.81. The molecule has 1 aromatic carbocycles. The minimum atomic E-state index is -0.426. The lowest BCUT2D eigenvalue weighted by Crippen LogP contribution is -2.39. The van der Waals surface area contributed by atoms with Crippen LogP contribution in [-0.2, 0) is 4.79 Å². The Kier molecular flexibility index (Phi) is 6.05. The summed E-state index contributed by atoms with van der Waals surface area (Å²) in [6.07, 6.45) is 7.25. The van der Waals surface area contributed by atoms with E-state index in [0.29, 0.717) is 13.0 Å². The molecule has 1 atom stereocenters. The number of ether oxygens (including phenoxy) is 1. The second-order valence-corrected chi connectivity index (χ2v) is 6.11. The molecule has 0 saturated heterocycles. The third kappa shape index (κ3) is 4.62. The number of allylic oxidation sites excluding steroid dienone is 1. The lowest BCUT2D eigenvalue weighted by atomic mass is 9.99. The van der Waals surface area contributed by atoms with Gasteiger partial charge in [0.05, 0.1) is 0 Å². The fraction of sp³-hybridized carbons (Fsp3) is 0.526. The molecule has 2 rings (SSSR count). The fourth-order valence-electron chi connectivity index (χ4n) is 2.69. The molecule has 1 amide bonds. The normalized spacial score (nSPS) is 15.9. The van der Waals surface area contributed by atoms with Gasteiger partial charge < -0.3 is 10.1 Å². The summed E-state index contributed by atoms with van der Waals surface area (Å²) in [5, 5.41) is 3.03. The summed E-state index contributed by atoms with van der Waals surface area (Å²) >= 11 is 0. The Morgan fingerprint density at radius 2 is 2.14 bits per heavy atom. The monoisotopic (exact) mass is 301 g/mol. The lowest BCUT2D eigenvalue weighted by Gasteiger charge is -2.20. The zero-order valence-corrected chi connectivity index (χ0v) is 13.9. The molecule has 1 N–H and O–H groups in total. The first-order valence-electron chi connectivity index (χ1n) is 8.29. The Balaban J connectivity index is 1.93. The number of aryl methyl sites for hydroxylation is 2. The molecule has 120 valence electrons. The molecule has 0 fully saturated rings. The molecule has 0 bridgehead atoms. The molecule has 1 aliphatic carbocycles. The molecule has 0 radical (unpaired) electrons. The quantitative estimate of drug-likeness (QED) is 0.804. The van der Waals surface area contributed by atoms with Crippen LogP contribution in [0.4, 0.5) is 0 Å². The molecular weight excluding hydrogens is 274 g/mol. The molecule has 0 spiro atoms.